The molecule has 0 aromatic heterocycles. The second-order valence-electron chi connectivity index (χ2n) is 5.75. The van der Waals surface area contributed by atoms with E-state index in [1.807, 2.05) is 0 Å². The van der Waals surface area contributed by atoms with Crippen LogP contribution in [0.3, 0.4) is 0 Å². The van der Waals surface area contributed by atoms with E-state index in [9.17, 15) is 9.90 Å². The number of carbonyl (C=O) groups is 1. The van der Waals surface area contributed by atoms with Crippen molar-refractivity contribution in [3.8, 4) is 0 Å². The Morgan fingerprint density at radius 1 is 1.12 bits per heavy atom. The molecule has 2 aliphatic carbocycles. The maximum Gasteiger partial charge on any atom is 0.149 e. The fourth-order valence-corrected chi connectivity index (χ4v) is 3.88. The van der Waals surface area contributed by atoms with Gasteiger partial charge in [-0.05, 0) is 31.6 Å². The van der Waals surface area contributed by atoms with E-state index in [0.29, 0.717) is 17.6 Å². The summed E-state index contributed by atoms with van der Waals surface area (Å²) in [4.78, 5) is 14.2. The molecule has 3 rings (SSSR count). The maximum absolute atomic E-state index is 11.9. The molecule has 4 atom stereocenters. The standard InChI is InChI=1S/C13H21NO2/c15-12-6-5-9-7-14(8-10(9)12)11-3-1-2-4-13(11)16/h9-12,15H,1-8H2. The van der Waals surface area contributed by atoms with Crippen molar-refractivity contribution < 1.29 is 9.90 Å². The van der Waals surface area contributed by atoms with Crippen LogP contribution >= 0.6 is 0 Å². The Hall–Kier alpha value is -0.410. The molecule has 0 aromatic rings. The van der Waals surface area contributed by atoms with Crippen LogP contribution in [0.25, 0.3) is 0 Å². The molecule has 0 radical (unpaired) electrons. The molecule has 90 valence electrons. The van der Waals surface area contributed by atoms with Gasteiger partial charge in [-0.1, -0.05) is 6.42 Å². The fourth-order valence-electron chi connectivity index (χ4n) is 3.88. The summed E-state index contributed by atoms with van der Waals surface area (Å²) in [5.74, 6) is 1.56. The average molecular weight is 223 g/mol. The molecule has 0 bridgehead atoms. The van der Waals surface area contributed by atoms with E-state index >= 15 is 0 Å². The molecule has 0 aromatic carbocycles. The van der Waals surface area contributed by atoms with Gasteiger partial charge in [0.15, 0.2) is 0 Å². The molecule has 3 heteroatoms. The molecule has 1 saturated heterocycles. The minimum absolute atomic E-state index is 0.103. The van der Waals surface area contributed by atoms with Crippen LogP contribution in [-0.4, -0.2) is 41.0 Å². The number of hydrogen-bond acceptors (Lipinski definition) is 3. The van der Waals surface area contributed by atoms with E-state index in [1.54, 1.807) is 0 Å². The summed E-state index contributed by atoms with van der Waals surface area (Å²) < 4.78 is 0. The van der Waals surface area contributed by atoms with Gasteiger partial charge in [-0.3, -0.25) is 9.69 Å². The predicted molar refractivity (Wildman–Crippen MR) is 61.1 cm³/mol. The van der Waals surface area contributed by atoms with E-state index in [2.05, 4.69) is 4.90 Å². The minimum atomic E-state index is -0.103. The van der Waals surface area contributed by atoms with E-state index < -0.39 is 0 Å². The van der Waals surface area contributed by atoms with Crippen LogP contribution in [0.15, 0.2) is 0 Å². The highest BCUT2D eigenvalue weighted by molar-refractivity contribution is 5.84. The molecular formula is C13H21NO2. The van der Waals surface area contributed by atoms with Crippen molar-refractivity contribution in [2.75, 3.05) is 13.1 Å². The lowest BCUT2D eigenvalue weighted by molar-refractivity contribution is -0.125. The van der Waals surface area contributed by atoms with Crippen molar-refractivity contribution >= 4 is 5.78 Å². The van der Waals surface area contributed by atoms with Gasteiger partial charge in [-0.15, -0.1) is 0 Å². The first kappa shape index (κ1) is 10.7. The Labute approximate surface area is 96.8 Å². The lowest BCUT2D eigenvalue weighted by Crippen LogP contribution is -2.42. The van der Waals surface area contributed by atoms with Crippen molar-refractivity contribution in [1.82, 2.24) is 4.90 Å². The van der Waals surface area contributed by atoms with Crippen LogP contribution in [0.4, 0.5) is 0 Å². The first-order valence-electron chi connectivity index (χ1n) is 6.70. The van der Waals surface area contributed by atoms with Gasteiger partial charge in [-0.25, -0.2) is 0 Å². The highest BCUT2D eigenvalue weighted by Crippen LogP contribution is 2.39. The molecule has 3 fully saturated rings. The minimum Gasteiger partial charge on any atom is -0.393 e. The summed E-state index contributed by atoms with van der Waals surface area (Å²) in [7, 11) is 0. The summed E-state index contributed by atoms with van der Waals surface area (Å²) in [6.07, 6.45) is 6.13. The Bertz CT molecular complexity index is 292. The molecule has 0 spiro atoms. The quantitative estimate of drug-likeness (QED) is 0.726. The second-order valence-corrected chi connectivity index (χ2v) is 5.75. The fraction of sp³-hybridized carbons (Fsp3) is 0.923. The Morgan fingerprint density at radius 3 is 2.75 bits per heavy atom. The predicted octanol–water partition coefficient (Wildman–Crippen LogP) is 1.20. The maximum atomic E-state index is 11.9. The van der Waals surface area contributed by atoms with Crippen LogP contribution in [0.5, 0.6) is 0 Å². The lowest BCUT2D eigenvalue weighted by atomic mass is 9.93. The van der Waals surface area contributed by atoms with Crippen LogP contribution in [0.1, 0.15) is 38.5 Å². The van der Waals surface area contributed by atoms with Gasteiger partial charge in [0, 0.05) is 25.4 Å². The molecule has 1 N–H and O–H groups in total. The van der Waals surface area contributed by atoms with Gasteiger partial charge in [0.2, 0.25) is 0 Å². The van der Waals surface area contributed by atoms with Gasteiger partial charge in [-0.2, -0.15) is 0 Å². The third kappa shape index (κ3) is 1.70. The number of rotatable bonds is 1. The third-order valence-corrected chi connectivity index (χ3v) is 4.81. The number of aliphatic hydroxyl groups excluding tert-OH is 1. The monoisotopic (exact) mass is 223 g/mol. The molecular weight excluding hydrogens is 202 g/mol. The second kappa shape index (κ2) is 4.11. The molecule has 16 heavy (non-hydrogen) atoms. The van der Waals surface area contributed by atoms with Gasteiger partial charge in [0.05, 0.1) is 12.1 Å². The molecule has 1 aliphatic heterocycles. The summed E-state index contributed by atoms with van der Waals surface area (Å²) in [5, 5.41) is 9.87. The number of likely N-dealkylation sites (tertiary alicyclic amines) is 1. The number of ketones is 1. The van der Waals surface area contributed by atoms with Crippen molar-refractivity contribution in [2.24, 2.45) is 11.8 Å². The zero-order chi connectivity index (χ0) is 11.1. The molecule has 3 aliphatic rings. The number of Topliss-reactive ketones (excluding diaryl/α,β-unsaturated/α-hetero) is 1. The van der Waals surface area contributed by atoms with Gasteiger partial charge in [0.25, 0.3) is 0 Å². The Kier molecular flexibility index (Phi) is 2.76. The zero-order valence-corrected chi connectivity index (χ0v) is 9.77. The number of aliphatic hydroxyl groups is 1. The first-order valence-corrected chi connectivity index (χ1v) is 6.70. The van der Waals surface area contributed by atoms with Gasteiger partial charge >= 0.3 is 0 Å². The number of carbonyl (C=O) groups excluding carboxylic acids is 1. The topological polar surface area (TPSA) is 40.5 Å². The highest BCUT2D eigenvalue weighted by Gasteiger charge is 2.44. The smallest absolute Gasteiger partial charge is 0.149 e. The third-order valence-electron chi connectivity index (χ3n) is 4.81. The highest BCUT2D eigenvalue weighted by atomic mass is 16.3. The normalized spacial score (nSPS) is 44.9. The van der Waals surface area contributed by atoms with Crippen molar-refractivity contribution in [3.05, 3.63) is 0 Å². The van der Waals surface area contributed by atoms with Crippen molar-refractivity contribution in [1.29, 1.82) is 0 Å². The summed E-state index contributed by atoms with van der Waals surface area (Å²) >= 11 is 0. The molecule has 2 saturated carbocycles. The first-order chi connectivity index (χ1) is 7.75. The molecule has 1 heterocycles. The molecule has 0 amide bonds. The van der Waals surface area contributed by atoms with Crippen LogP contribution < -0.4 is 0 Å². The van der Waals surface area contributed by atoms with Gasteiger partial charge < -0.3 is 5.11 Å². The lowest BCUT2D eigenvalue weighted by Gasteiger charge is -2.30. The van der Waals surface area contributed by atoms with E-state index in [4.69, 9.17) is 0 Å². The SMILES string of the molecule is O=C1CCCCC1N1CC2CCC(O)C2C1. The Morgan fingerprint density at radius 2 is 2.00 bits per heavy atom. The number of fused-ring (bicyclic) bond motifs is 1. The summed E-state index contributed by atoms with van der Waals surface area (Å²) in [6, 6.07) is 0.187. The summed E-state index contributed by atoms with van der Waals surface area (Å²) in [5.41, 5.74) is 0. The van der Waals surface area contributed by atoms with Crippen molar-refractivity contribution in [3.63, 3.8) is 0 Å². The molecule has 3 nitrogen and oxygen atoms in total. The molecule has 4 unspecified atom stereocenters. The van der Waals surface area contributed by atoms with Crippen LogP contribution in [-0.2, 0) is 4.79 Å². The summed E-state index contributed by atoms with van der Waals surface area (Å²) in [6.45, 7) is 2.01. The Balaban J connectivity index is 1.67. The average Bonchev–Trinajstić information content (AvgIpc) is 2.82. The largest absolute Gasteiger partial charge is 0.393 e. The van der Waals surface area contributed by atoms with Crippen molar-refractivity contribution in [2.45, 2.75) is 50.7 Å². The van der Waals surface area contributed by atoms with E-state index in [-0.39, 0.29) is 12.1 Å². The van der Waals surface area contributed by atoms with Gasteiger partial charge in [0.1, 0.15) is 5.78 Å². The number of hydrogen-bond donors (Lipinski definition) is 1. The zero-order valence-electron chi connectivity index (χ0n) is 9.77. The van der Waals surface area contributed by atoms with E-state index in [1.165, 1.54) is 6.42 Å². The van der Waals surface area contributed by atoms with Crippen LogP contribution in [0.2, 0.25) is 0 Å². The van der Waals surface area contributed by atoms with E-state index in [0.717, 1.165) is 45.2 Å². The number of nitrogens with zero attached hydrogens (tertiary/aromatic N) is 1. The van der Waals surface area contributed by atoms with Crippen LogP contribution in [0, 0.1) is 11.8 Å².